The zero-order valence-electron chi connectivity index (χ0n) is 18.5. The molecule has 4 amide bonds. The summed E-state index contributed by atoms with van der Waals surface area (Å²) in [6.07, 6.45) is 1.71. The number of imide groups is 1. The van der Waals surface area contributed by atoms with Crippen molar-refractivity contribution in [3.63, 3.8) is 0 Å². The van der Waals surface area contributed by atoms with Gasteiger partial charge in [-0.15, -0.1) is 0 Å². The van der Waals surface area contributed by atoms with E-state index < -0.39 is 11.1 Å². The molecule has 10 heteroatoms. The van der Waals surface area contributed by atoms with E-state index in [4.69, 9.17) is 9.47 Å². The van der Waals surface area contributed by atoms with Crippen molar-refractivity contribution in [1.29, 1.82) is 0 Å². The van der Waals surface area contributed by atoms with Crippen molar-refractivity contribution in [2.24, 2.45) is 0 Å². The van der Waals surface area contributed by atoms with Crippen LogP contribution in [0.15, 0.2) is 47.4 Å². The highest BCUT2D eigenvalue weighted by molar-refractivity contribution is 8.18. The van der Waals surface area contributed by atoms with Crippen LogP contribution in [0, 0.1) is 6.92 Å². The summed E-state index contributed by atoms with van der Waals surface area (Å²) in [5.74, 6) is 0.292. The van der Waals surface area contributed by atoms with Crippen LogP contribution in [-0.4, -0.2) is 54.3 Å². The maximum Gasteiger partial charge on any atom is 0.293 e. The lowest BCUT2D eigenvalue weighted by molar-refractivity contribution is -0.124. The van der Waals surface area contributed by atoms with Gasteiger partial charge in [0, 0.05) is 31.6 Å². The Morgan fingerprint density at radius 1 is 1.06 bits per heavy atom. The fraction of sp³-hybridized carbons (Fsp3) is 0.250. The molecule has 2 aromatic carbocycles. The number of benzene rings is 2. The highest BCUT2D eigenvalue weighted by atomic mass is 32.2. The van der Waals surface area contributed by atoms with Gasteiger partial charge >= 0.3 is 0 Å². The number of amides is 4. The first-order valence-corrected chi connectivity index (χ1v) is 11.5. The van der Waals surface area contributed by atoms with E-state index in [1.54, 1.807) is 36.4 Å². The molecule has 2 aromatic rings. The quantitative estimate of drug-likeness (QED) is 0.557. The van der Waals surface area contributed by atoms with Crippen molar-refractivity contribution < 1.29 is 28.7 Å². The van der Waals surface area contributed by atoms with Gasteiger partial charge in [-0.05, 0) is 54.1 Å². The minimum Gasteiger partial charge on any atom is -0.454 e. The number of hydrogen-bond donors (Lipinski definition) is 2. The molecule has 0 spiro atoms. The smallest absolute Gasteiger partial charge is 0.293 e. The lowest BCUT2D eigenvalue weighted by Gasteiger charge is -2.13. The normalized spacial score (nSPS) is 15.7. The highest BCUT2D eigenvalue weighted by Gasteiger charge is 2.34. The average molecular weight is 482 g/mol. The summed E-state index contributed by atoms with van der Waals surface area (Å²) in [7, 11) is 0. The minimum absolute atomic E-state index is 0.0600. The highest BCUT2D eigenvalue weighted by Crippen LogP contribution is 2.36. The van der Waals surface area contributed by atoms with Crippen LogP contribution >= 0.6 is 11.8 Å². The van der Waals surface area contributed by atoms with Crippen LogP contribution in [0.4, 0.5) is 4.79 Å². The molecule has 9 nitrogen and oxygen atoms in total. The van der Waals surface area contributed by atoms with Crippen molar-refractivity contribution in [1.82, 2.24) is 15.5 Å². The molecule has 34 heavy (non-hydrogen) atoms. The van der Waals surface area contributed by atoms with E-state index in [0.717, 1.165) is 27.8 Å². The van der Waals surface area contributed by atoms with Gasteiger partial charge in [-0.1, -0.05) is 24.3 Å². The van der Waals surface area contributed by atoms with Crippen molar-refractivity contribution in [2.75, 3.05) is 26.4 Å². The van der Waals surface area contributed by atoms with Gasteiger partial charge in [-0.25, -0.2) is 0 Å². The number of rotatable bonds is 8. The molecule has 0 aromatic heterocycles. The molecular weight excluding hydrogens is 458 g/mol. The van der Waals surface area contributed by atoms with Gasteiger partial charge in [0.05, 0.1) is 4.91 Å². The van der Waals surface area contributed by atoms with Gasteiger partial charge < -0.3 is 20.1 Å². The van der Waals surface area contributed by atoms with Crippen LogP contribution in [-0.2, 0) is 9.59 Å². The predicted molar refractivity (Wildman–Crippen MR) is 126 cm³/mol. The number of ether oxygens (including phenoxy) is 2. The third-order valence-corrected chi connectivity index (χ3v) is 6.16. The van der Waals surface area contributed by atoms with Gasteiger partial charge in [0.2, 0.25) is 12.7 Å². The first kappa shape index (κ1) is 23.4. The Morgan fingerprint density at radius 3 is 2.68 bits per heavy atom. The van der Waals surface area contributed by atoms with Gasteiger partial charge in [0.25, 0.3) is 17.1 Å². The Kier molecular flexibility index (Phi) is 7.17. The zero-order valence-corrected chi connectivity index (χ0v) is 19.3. The molecule has 2 heterocycles. The van der Waals surface area contributed by atoms with Crippen LogP contribution in [0.1, 0.15) is 27.9 Å². The molecule has 1 fully saturated rings. The maximum absolute atomic E-state index is 12.6. The fourth-order valence-electron chi connectivity index (χ4n) is 3.46. The van der Waals surface area contributed by atoms with E-state index in [-0.39, 0.29) is 44.7 Å². The zero-order chi connectivity index (χ0) is 24.1. The van der Waals surface area contributed by atoms with Gasteiger partial charge in [-0.2, -0.15) is 0 Å². The Morgan fingerprint density at radius 2 is 1.85 bits per heavy atom. The molecule has 176 valence electrons. The molecule has 1 saturated heterocycles. The van der Waals surface area contributed by atoms with E-state index in [0.29, 0.717) is 22.0 Å². The topological polar surface area (TPSA) is 114 Å². The summed E-state index contributed by atoms with van der Waals surface area (Å²) in [5.41, 5.74) is 2.14. The Bertz CT molecular complexity index is 1180. The number of carbonyl (C=O) groups is 4. The molecule has 0 aliphatic carbocycles. The van der Waals surface area contributed by atoms with E-state index in [1.807, 2.05) is 19.1 Å². The molecule has 0 atom stereocenters. The summed E-state index contributed by atoms with van der Waals surface area (Å²) >= 11 is 0.851. The van der Waals surface area contributed by atoms with Gasteiger partial charge in [-0.3, -0.25) is 24.1 Å². The lowest BCUT2D eigenvalue weighted by atomic mass is 10.1. The molecule has 0 saturated carbocycles. The van der Waals surface area contributed by atoms with Crippen molar-refractivity contribution in [2.45, 2.75) is 13.3 Å². The van der Waals surface area contributed by atoms with Crippen LogP contribution in [0.25, 0.3) is 6.08 Å². The number of aryl methyl sites for hydroxylation is 1. The molecule has 0 radical (unpaired) electrons. The van der Waals surface area contributed by atoms with Crippen LogP contribution in [0.5, 0.6) is 11.5 Å². The number of nitrogens with one attached hydrogen (secondary N) is 2. The molecule has 2 aliphatic rings. The first-order valence-electron chi connectivity index (χ1n) is 10.7. The van der Waals surface area contributed by atoms with Crippen molar-refractivity contribution in [3.05, 3.63) is 64.1 Å². The number of nitrogens with zero attached hydrogens (tertiary/aromatic N) is 1. The summed E-state index contributed by atoms with van der Waals surface area (Å²) in [4.78, 5) is 50.6. The number of fused-ring (bicyclic) bond motifs is 1. The third kappa shape index (κ3) is 5.40. The second-order valence-electron chi connectivity index (χ2n) is 7.62. The average Bonchev–Trinajstić information content (AvgIpc) is 3.38. The summed E-state index contributed by atoms with van der Waals surface area (Å²) in [6.45, 7) is 2.36. The molecule has 2 aliphatic heterocycles. The summed E-state index contributed by atoms with van der Waals surface area (Å²) < 4.78 is 10.6. The SMILES string of the molecule is Cc1ccccc1C(=O)NCCC(=O)NCCN1C(=O)S/C(=C/c2ccc3c(c2)OCO3)C1=O. The van der Waals surface area contributed by atoms with E-state index in [2.05, 4.69) is 10.6 Å². The third-order valence-electron chi connectivity index (χ3n) is 5.25. The molecular formula is C24H23N3O6S. The van der Waals surface area contributed by atoms with Crippen molar-refractivity contribution >= 4 is 40.8 Å². The summed E-state index contributed by atoms with van der Waals surface area (Å²) in [5, 5.41) is 5.00. The standard InChI is InChI=1S/C24H23N3O6S/c1-15-4-2-3-5-17(15)22(29)26-9-8-21(28)25-10-11-27-23(30)20(34-24(27)31)13-16-6-7-18-19(12-16)33-14-32-18/h2-7,12-13H,8-11,14H2,1H3,(H,25,28)(H,26,29)/b20-13+. The molecule has 4 rings (SSSR count). The van der Waals surface area contributed by atoms with E-state index in [9.17, 15) is 19.2 Å². The number of thioether (sulfide) groups is 1. The Hall–Kier alpha value is -3.79. The Balaban J connectivity index is 1.22. The fourth-order valence-corrected chi connectivity index (χ4v) is 4.32. The monoisotopic (exact) mass is 481 g/mol. The minimum atomic E-state index is -0.410. The van der Waals surface area contributed by atoms with E-state index in [1.165, 1.54) is 0 Å². The van der Waals surface area contributed by atoms with E-state index >= 15 is 0 Å². The van der Waals surface area contributed by atoms with Crippen LogP contribution in [0.2, 0.25) is 0 Å². The second-order valence-corrected chi connectivity index (χ2v) is 8.61. The molecule has 0 bridgehead atoms. The number of hydrogen-bond acceptors (Lipinski definition) is 7. The van der Waals surface area contributed by atoms with Crippen LogP contribution in [0.3, 0.4) is 0 Å². The molecule has 2 N–H and O–H groups in total. The van der Waals surface area contributed by atoms with Crippen LogP contribution < -0.4 is 20.1 Å². The summed E-state index contributed by atoms with van der Waals surface area (Å²) in [6, 6.07) is 12.5. The second kappa shape index (κ2) is 10.4. The van der Waals surface area contributed by atoms with Crippen molar-refractivity contribution in [3.8, 4) is 11.5 Å². The number of carbonyl (C=O) groups excluding carboxylic acids is 4. The molecule has 0 unspecified atom stereocenters. The maximum atomic E-state index is 12.6. The van der Waals surface area contributed by atoms with Gasteiger partial charge in [0.1, 0.15) is 0 Å². The largest absolute Gasteiger partial charge is 0.454 e. The lowest BCUT2D eigenvalue weighted by Crippen LogP contribution is -2.38. The van der Waals surface area contributed by atoms with Gasteiger partial charge in [0.15, 0.2) is 11.5 Å². The Labute approximate surface area is 200 Å². The first-order chi connectivity index (χ1) is 16.4. The predicted octanol–water partition coefficient (Wildman–Crippen LogP) is 2.70.